The van der Waals surface area contributed by atoms with Gasteiger partial charge in [-0.2, -0.15) is 0 Å². The van der Waals surface area contributed by atoms with Crippen molar-refractivity contribution in [2.24, 2.45) is 0 Å². The third kappa shape index (κ3) is 2.43. The SMILES string of the molecule is CCC(C)(c1cccc(O)c1)c1ccc(O)c(C)c1. The number of phenols is 2. The topological polar surface area (TPSA) is 40.5 Å². The maximum Gasteiger partial charge on any atom is 0.118 e. The van der Waals surface area contributed by atoms with Crippen molar-refractivity contribution in [1.29, 1.82) is 0 Å². The molecule has 2 rings (SSSR count). The third-order valence-corrected chi connectivity index (χ3v) is 4.02. The van der Waals surface area contributed by atoms with Crippen LogP contribution in [0.15, 0.2) is 42.5 Å². The first kappa shape index (κ1) is 13.5. The highest BCUT2D eigenvalue weighted by molar-refractivity contribution is 5.45. The van der Waals surface area contributed by atoms with Crippen molar-refractivity contribution in [3.05, 3.63) is 59.2 Å². The van der Waals surface area contributed by atoms with E-state index >= 15 is 0 Å². The van der Waals surface area contributed by atoms with Crippen molar-refractivity contribution in [2.45, 2.75) is 32.6 Å². The highest BCUT2D eigenvalue weighted by atomic mass is 16.3. The Hall–Kier alpha value is -1.96. The molecular formula is C17H20O2. The van der Waals surface area contributed by atoms with E-state index in [4.69, 9.17) is 0 Å². The molecule has 0 saturated heterocycles. The molecule has 0 fully saturated rings. The van der Waals surface area contributed by atoms with Gasteiger partial charge in [0.25, 0.3) is 0 Å². The van der Waals surface area contributed by atoms with Crippen molar-refractivity contribution in [3.8, 4) is 11.5 Å². The fraction of sp³-hybridized carbons (Fsp3) is 0.294. The summed E-state index contributed by atoms with van der Waals surface area (Å²) in [5.74, 6) is 0.603. The number of rotatable bonds is 3. The van der Waals surface area contributed by atoms with Gasteiger partial charge < -0.3 is 10.2 Å². The van der Waals surface area contributed by atoms with E-state index < -0.39 is 0 Å². The van der Waals surface area contributed by atoms with E-state index in [1.807, 2.05) is 37.3 Å². The van der Waals surface area contributed by atoms with Gasteiger partial charge in [-0.05, 0) is 48.2 Å². The summed E-state index contributed by atoms with van der Waals surface area (Å²) >= 11 is 0. The standard InChI is InChI=1S/C17H20O2/c1-4-17(3,13-6-5-7-15(18)11-13)14-8-9-16(19)12(2)10-14/h5-11,18-19H,4H2,1-3H3. The summed E-state index contributed by atoms with van der Waals surface area (Å²) in [5, 5.41) is 19.3. The summed E-state index contributed by atoms with van der Waals surface area (Å²) < 4.78 is 0. The summed E-state index contributed by atoms with van der Waals surface area (Å²) in [6, 6.07) is 13.1. The van der Waals surface area contributed by atoms with E-state index in [0.717, 1.165) is 23.1 Å². The molecular weight excluding hydrogens is 236 g/mol. The lowest BCUT2D eigenvalue weighted by Gasteiger charge is -2.30. The Bertz CT molecular complexity index is 590. The van der Waals surface area contributed by atoms with Gasteiger partial charge in [-0.25, -0.2) is 0 Å². The summed E-state index contributed by atoms with van der Waals surface area (Å²) in [6.45, 7) is 6.19. The van der Waals surface area contributed by atoms with Crippen molar-refractivity contribution in [1.82, 2.24) is 0 Å². The van der Waals surface area contributed by atoms with Crippen LogP contribution in [0.3, 0.4) is 0 Å². The maximum absolute atomic E-state index is 9.68. The number of aromatic hydroxyl groups is 2. The number of hydrogen-bond donors (Lipinski definition) is 2. The van der Waals surface area contributed by atoms with Crippen LogP contribution in [0, 0.1) is 6.92 Å². The maximum atomic E-state index is 9.68. The summed E-state index contributed by atoms with van der Waals surface area (Å²) in [4.78, 5) is 0. The Morgan fingerprint density at radius 1 is 1.00 bits per heavy atom. The molecule has 0 spiro atoms. The second kappa shape index (κ2) is 4.96. The first-order valence-corrected chi connectivity index (χ1v) is 6.57. The van der Waals surface area contributed by atoms with Gasteiger partial charge >= 0.3 is 0 Å². The van der Waals surface area contributed by atoms with Crippen molar-refractivity contribution < 1.29 is 10.2 Å². The number of phenolic OH excluding ortho intramolecular Hbond substituents is 2. The molecule has 2 aromatic rings. The van der Waals surface area contributed by atoms with Gasteiger partial charge in [-0.15, -0.1) is 0 Å². The zero-order valence-corrected chi connectivity index (χ0v) is 11.6. The molecule has 2 nitrogen and oxygen atoms in total. The molecule has 0 radical (unpaired) electrons. The smallest absolute Gasteiger partial charge is 0.118 e. The molecule has 0 heterocycles. The van der Waals surface area contributed by atoms with Crippen LogP contribution in [0.25, 0.3) is 0 Å². The van der Waals surface area contributed by atoms with Crippen LogP contribution in [-0.2, 0) is 5.41 Å². The fourth-order valence-electron chi connectivity index (χ4n) is 2.42. The lowest BCUT2D eigenvalue weighted by Crippen LogP contribution is -2.22. The zero-order valence-electron chi connectivity index (χ0n) is 11.6. The molecule has 0 bridgehead atoms. The van der Waals surface area contributed by atoms with Crippen LogP contribution in [0.5, 0.6) is 11.5 Å². The van der Waals surface area contributed by atoms with Crippen LogP contribution < -0.4 is 0 Å². The van der Waals surface area contributed by atoms with E-state index in [-0.39, 0.29) is 11.2 Å². The lowest BCUT2D eigenvalue weighted by molar-refractivity contribution is 0.465. The first-order chi connectivity index (χ1) is 8.97. The molecule has 0 saturated carbocycles. The van der Waals surface area contributed by atoms with Crippen LogP contribution in [-0.4, -0.2) is 10.2 Å². The first-order valence-electron chi connectivity index (χ1n) is 6.57. The second-order valence-corrected chi connectivity index (χ2v) is 5.24. The molecule has 2 N–H and O–H groups in total. The fourth-order valence-corrected chi connectivity index (χ4v) is 2.42. The Kier molecular flexibility index (Phi) is 3.52. The highest BCUT2D eigenvalue weighted by Crippen LogP contribution is 2.37. The third-order valence-electron chi connectivity index (χ3n) is 4.02. The predicted molar refractivity (Wildman–Crippen MR) is 77.7 cm³/mol. The lowest BCUT2D eigenvalue weighted by atomic mass is 9.74. The monoisotopic (exact) mass is 256 g/mol. The van der Waals surface area contributed by atoms with E-state index in [0.29, 0.717) is 5.75 Å². The summed E-state index contributed by atoms with van der Waals surface area (Å²) in [7, 11) is 0. The van der Waals surface area contributed by atoms with Gasteiger partial charge in [-0.3, -0.25) is 0 Å². The van der Waals surface area contributed by atoms with Gasteiger partial charge in [0.1, 0.15) is 11.5 Å². The van der Waals surface area contributed by atoms with Crippen molar-refractivity contribution >= 4 is 0 Å². The molecule has 0 amide bonds. The molecule has 19 heavy (non-hydrogen) atoms. The molecule has 2 aromatic carbocycles. The molecule has 0 aliphatic rings. The van der Waals surface area contributed by atoms with Crippen LogP contribution in [0.1, 0.15) is 37.0 Å². The van der Waals surface area contributed by atoms with Crippen LogP contribution >= 0.6 is 0 Å². The van der Waals surface area contributed by atoms with Gasteiger partial charge in [0.15, 0.2) is 0 Å². The average Bonchev–Trinajstić information content (AvgIpc) is 2.41. The van der Waals surface area contributed by atoms with Crippen LogP contribution in [0.2, 0.25) is 0 Å². The van der Waals surface area contributed by atoms with Crippen molar-refractivity contribution in [3.63, 3.8) is 0 Å². The van der Waals surface area contributed by atoms with Gasteiger partial charge in [-0.1, -0.05) is 38.1 Å². The minimum atomic E-state index is -0.169. The second-order valence-electron chi connectivity index (χ2n) is 5.24. The van der Waals surface area contributed by atoms with E-state index in [1.165, 1.54) is 0 Å². The van der Waals surface area contributed by atoms with Gasteiger partial charge in [0.2, 0.25) is 0 Å². The van der Waals surface area contributed by atoms with Crippen molar-refractivity contribution in [2.75, 3.05) is 0 Å². The minimum absolute atomic E-state index is 0.169. The molecule has 100 valence electrons. The van der Waals surface area contributed by atoms with E-state index in [9.17, 15) is 10.2 Å². The highest BCUT2D eigenvalue weighted by Gasteiger charge is 2.27. The number of aryl methyl sites for hydroxylation is 1. The molecule has 0 aliphatic heterocycles. The largest absolute Gasteiger partial charge is 0.508 e. The Morgan fingerprint density at radius 2 is 1.68 bits per heavy atom. The predicted octanol–water partition coefficient (Wildman–Crippen LogP) is 4.12. The molecule has 1 unspecified atom stereocenters. The summed E-state index contributed by atoms with van der Waals surface area (Å²) in [5.41, 5.74) is 2.94. The van der Waals surface area contributed by atoms with Crippen LogP contribution in [0.4, 0.5) is 0 Å². The van der Waals surface area contributed by atoms with Gasteiger partial charge in [0, 0.05) is 5.41 Å². The molecule has 1 atom stereocenters. The molecule has 0 aliphatic carbocycles. The quantitative estimate of drug-likeness (QED) is 0.867. The number of benzene rings is 2. The molecule has 0 aromatic heterocycles. The van der Waals surface area contributed by atoms with Gasteiger partial charge in [0.05, 0.1) is 0 Å². The van der Waals surface area contributed by atoms with E-state index in [1.54, 1.807) is 12.1 Å². The Morgan fingerprint density at radius 3 is 2.26 bits per heavy atom. The minimum Gasteiger partial charge on any atom is -0.508 e. The molecule has 2 heteroatoms. The normalized spacial score (nSPS) is 14.1. The number of hydrogen-bond acceptors (Lipinski definition) is 2. The Balaban J connectivity index is 2.56. The van der Waals surface area contributed by atoms with E-state index in [2.05, 4.69) is 13.8 Å². The zero-order chi connectivity index (χ0) is 14.0. The average molecular weight is 256 g/mol. The Labute approximate surface area is 114 Å². The summed E-state index contributed by atoms with van der Waals surface area (Å²) in [6.07, 6.45) is 0.917.